The summed E-state index contributed by atoms with van der Waals surface area (Å²) in [6.45, 7) is 2.09. The first kappa shape index (κ1) is 33.1. The quantitative estimate of drug-likeness (QED) is 0.121. The van der Waals surface area contributed by atoms with Gasteiger partial charge in [0.1, 0.15) is 5.52 Å². The minimum absolute atomic E-state index is 0.199. The number of carboxylic acids is 2. The number of fused-ring (bicyclic) bond motifs is 2. The Morgan fingerprint density at radius 3 is 2.38 bits per heavy atom. The van der Waals surface area contributed by atoms with Crippen LogP contribution in [0.15, 0.2) is 89.4 Å². The van der Waals surface area contributed by atoms with Gasteiger partial charge in [-0.3, -0.25) is 14.4 Å². The van der Waals surface area contributed by atoms with Crippen LogP contribution in [0.3, 0.4) is 0 Å². The number of amides is 1. The van der Waals surface area contributed by atoms with Crippen molar-refractivity contribution in [3.05, 3.63) is 107 Å². The summed E-state index contributed by atoms with van der Waals surface area (Å²) in [5.74, 6) is -4.85. The molecule has 0 aliphatic rings. The Morgan fingerprint density at radius 1 is 0.979 bits per heavy atom. The Balaban J connectivity index is 1.50. The van der Waals surface area contributed by atoms with Gasteiger partial charge in [0.15, 0.2) is 5.58 Å². The molecule has 0 fully saturated rings. The minimum atomic E-state index is -1.38. The van der Waals surface area contributed by atoms with Crippen LogP contribution in [0.5, 0.6) is 0 Å². The van der Waals surface area contributed by atoms with E-state index in [1.165, 1.54) is 18.4 Å². The lowest BCUT2D eigenvalue weighted by molar-refractivity contribution is -0.151. The molecule has 5 rings (SSSR count). The lowest BCUT2D eigenvalue weighted by atomic mass is 9.87. The summed E-state index contributed by atoms with van der Waals surface area (Å²) in [5, 5.41) is 20.1. The smallest absolute Gasteiger partial charge is 0.337 e. The molecule has 0 aliphatic carbocycles. The number of esters is 1. The SMILES string of the molecule is COC(=O)c1ccc(C(C/C=C/c2nc3ccccc3o2)C(C)N(Cc2cc3ccccc3s2)C(=O)CC(CC(=O)O)C(=O)O)cc1. The third-order valence-electron chi connectivity index (χ3n) is 8.11. The molecule has 0 saturated carbocycles. The molecule has 0 radical (unpaired) electrons. The topological polar surface area (TPSA) is 147 Å². The van der Waals surface area contributed by atoms with Crippen molar-refractivity contribution in [3.63, 3.8) is 0 Å². The molecule has 2 N–H and O–H groups in total. The van der Waals surface area contributed by atoms with E-state index in [9.17, 15) is 29.4 Å². The second-order valence-electron chi connectivity index (χ2n) is 11.2. The van der Waals surface area contributed by atoms with E-state index >= 15 is 0 Å². The van der Waals surface area contributed by atoms with E-state index in [1.54, 1.807) is 23.1 Å². The van der Waals surface area contributed by atoms with E-state index in [4.69, 9.17) is 9.15 Å². The van der Waals surface area contributed by atoms with Gasteiger partial charge >= 0.3 is 17.9 Å². The number of hydrogen-bond acceptors (Lipinski definition) is 8. The molecule has 0 saturated heterocycles. The average molecular weight is 655 g/mol. The first-order valence-corrected chi connectivity index (χ1v) is 15.9. The predicted octanol–water partition coefficient (Wildman–Crippen LogP) is 7.00. The number of aromatic nitrogens is 1. The maximum atomic E-state index is 14.0. The van der Waals surface area contributed by atoms with Crippen LogP contribution < -0.4 is 0 Å². The number of aliphatic carboxylic acids is 2. The molecule has 3 unspecified atom stereocenters. The van der Waals surface area contributed by atoms with Crippen LogP contribution in [0.1, 0.15) is 58.8 Å². The van der Waals surface area contributed by atoms with Gasteiger partial charge in [-0.1, -0.05) is 48.5 Å². The Morgan fingerprint density at radius 2 is 1.70 bits per heavy atom. The Bertz CT molecular complexity index is 1860. The van der Waals surface area contributed by atoms with E-state index in [-0.39, 0.29) is 12.5 Å². The number of oxazole rings is 1. The number of para-hydroxylation sites is 2. The molecule has 242 valence electrons. The van der Waals surface area contributed by atoms with Crippen molar-refractivity contribution < 1.29 is 38.5 Å². The van der Waals surface area contributed by atoms with E-state index in [0.717, 1.165) is 26.0 Å². The summed E-state index contributed by atoms with van der Waals surface area (Å²) < 4.78 is 11.8. The molecular formula is C36H34N2O8S. The standard InChI is InChI=1S/C36H34N2O8S/c1-22(38(33(39)19-26(35(42)43)20-34(40)41)21-27-18-25-8-3-6-12-31(25)47-27)28(23-14-16-24(17-15-23)36(44)45-2)9-7-13-32-37-29-10-4-5-11-30(29)46-32/h3-8,10-18,22,26,28H,9,19-21H2,1-2H3,(H,40,41)(H,42,43)/b13-7+. The third-order valence-corrected chi connectivity index (χ3v) is 9.21. The highest BCUT2D eigenvalue weighted by Crippen LogP contribution is 2.33. The number of nitrogens with zero attached hydrogens (tertiary/aromatic N) is 2. The van der Waals surface area contributed by atoms with E-state index in [1.807, 2.05) is 79.7 Å². The first-order valence-electron chi connectivity index (χ1n) is 15.0. The van der Waals surface area contributed by atoms with E-state index in [2.05, 4.69) is 4.98 Å². The zero-order chi connectivity index (χ0) is 33.5. The predicted molar refractivity (Wildman–Crippen MR) is 178 cm³/mol. The zero-order valence-corrected chi connectivity index (χ0v) is 26.7. The van der Waals surface area contributed by atoms with Gasteiger partial charge in [0.2, 0.25) is 11.8 Å². The van der Waals surface area contributed by atoms with E-state index in [0.29, 0.717) is 23.5 Å². The fourth-order valence-corrected chi connectivity index (χ4v) is 6.68. The Hall–Kier alpha value is -5.29. The fourth-order valence-electron chi connectivity index (χ4n) is 5.62. The van der Waals surface area contributed by atoms with Crippen molar-refractivity contribution in [2.24, 2.45) is 5.92 Å². The van der Waals surface area contributed by atoms with Crippen molar-refractivity contribution in [1.29, 1.82) is 0 Å². The molecule has 11 heteroatoms. The molecule has 2 heterocycles. The molecule has 3 atom stereocenters. The molecule has 10 nitrogen and oxygen atoms in total. The normalized spacial score (nSPS) is 13.4. The van der Waals surface area contributed by atoms with Crippen LogP contribution in [-0.4, -0.2) is 57.1 Å². The van der Waals surface area contributed by atoms with Crippen LogP contribution in [0, 0.1) is 5.92 Å². The first-order chi connectivity index (χ1) is 22.6. The van der Waals surface area contributed by atoms with Gasteiger partial charge in [0.05, 0.1) is 31.6 Å². The molecule has 0 aliphatic heterocycles. The van der Waals surface area contributed by atoms with Gasteiger partial charge < -0.3 is 24.3 Å². The summed E-state index contributed by atoms with van der Waals surface area (Å²) in [6, 6.07) is 23.8. The van der Waals surface area contributed by atoms with Crippen LogP contribution in [-0.2, 0) is 25.7 Å². The van der Waals surface area contributed by atoms with Gasteiger partial charge in [0.25, 0.3) is 0 Å². The van der Waals surface area contributed by atoms with Gasteiger partial charge in [-0.05, 0) is 66.8 Å². The molecule has 2 aromatic heterocycles. The number of hydrogen-bond donors (Lipinski definition) is 2. The number of allylic oxidation sites excluding steroid dienone is 1. The number of carbonyl (C=O) groups excluding carboxylic acids is 2. The van der Waals surface area contributed by atoms with Crippen LogP contribution in [0.2, 0.25) is 0 Å². The monoisotopic (exact) mass is 654 g/mol. The van der Waals surface area contributed by atoms with Crippen molar-refractivity contribution in [3.8, 4) is 0 Å². The number of carboxylic acid groups (broad SMARTS) is 2. The highest BCUT2D eigenvalue weighted by atomic mass is 32.1. The highest BCUT2D eigenvalue weighted by Gasteiger charge is 2.32. The number of thiophene rings is 1. The fraction of sp³-hybridized carbons (Fsp3) is 0.250. The maximum absolute atomic E-state index is 14.0. The number of carbonyl (C=O) groups is 4. The lowest BCUT2D eigenvalue weighted by Gasteiger charge is -2.35. The van der Waals surface area contributed by atoms with Crippen molar-refractivity contribution in [1.82, 2.24) is 9.88 Å². The second-order valence-corrected chi connectivity index (χ2v) is 12.4. The van der Waals surface area contributed by atoms with Crippen LogP contribution in [0.25, 0.3) is 27.3 Å². The van der Waals surface area contributed by atoms with Gasteiger partial charge in [0, 0.05) is 28.0 Å². The molecule has 0 bridgehead atoms. The van der Waals surface area contributed by atoms with Crippen molar-refractivity contribution in [2.75, 3.05) is 7.11 Å². The summed E-state index contributed by atoms with van der Waals surface area (Å²) in [6.07, 6.45) is 2.98. The number of methoxy groups -OCH3 is 1. The Kier molecular flexibility index (Phi) is 10.5. The van der Waals surface area contributed by atoms with Crippen molar-refractivity contribution >= 4 is 62.4 Å². The molecule has 3 aromatic carbocycles. The van der Waals surface area contributed by atoms with Gasteiger partial charge in [-0.2, -0.15) is 0 Å². The summed E-state index contributed by atoms with van der Waals surface area (Å²) in [7, 11) is 1.31. The largest absolute Gasteiger partial charge is 0.481 e. The molecule has 1 amide bonds. The lowest BCUT2D eigenvalue weighted by Crippen LogP contribution is -2.42. The van der Waals surface area contributed by atoms with Gasteiger partial charge in [-0.25, -0.2) is 9.78 Å². The maximum Gasteiger partial charge on any atom is 0.337 e. The summed E-state index contributed by atoms with van der Waals surface area (Å²) in [5.41, 5.74) is 2.59. The third kappa shape index (κ3) is 8.11. The summed E-state index contributed by atoms with van der Waals surface area (Å²) >= 11 is 1.54. The van der Waals surface area contributed by atoms with E-state index < -0.39 is 48.6 Å². The van der Waals surface area contributed by atoms with Crippen LogP contribution >= 0.6 is 11.3 Å². The minimum Gasteiger partial charge on any atom is -0.481 e. The Labute approximate surface area is 274 Å². The number of rotatable bonds is 14. The molecular weight excluding hydrogens is 620 g/mol. The van der Waals surface area contributed by atoms with Gasteiger partial charge in [-0.15, -0.1) is 11.3 Å². The second kappa shape index (κ2) is 14.9. The molecule has 0 spiro atoms. The molecule has 47 heavy (non-hydrogen) atoms. The average Bonchev–Trinajstić information content (AvgIpc) is 3.68. The number of benzene rings is 3. The molecule has 5 aromatic rings. The number of ether oxygens (including phenoxy) is 1. The van der Waals surface area contributed by atoms with Crippen LogP contribution in [0.4, 0.5) is 0 Å². The summed E-state index contributed by atoms with van der Waals surface area (Å²) in [4.78, 5) is 56.6. The van der Waals surface area contributed by atoms with Crippen molar-refractivity contribution in [2.45, 2.75) is 44.7 Å². The zero-order valence-electron chi connectivity index (χ0n) is 25.9. The highest BCUT2D eigenvalue weighted by molar-refractivity contribution is 7.19.